The number of aliphatic hydroxyl groups is 3. The number of ether oxygens (including phenoxy) is 1. The van der Waals surface area contributed by atoms with Crippen molar-refractivity contribution < 1.29 is 20.1 Å². The summed E-state index contributed by atoms with van der Waals surface area (Å²) in [5.41, 5.74) is -0.0887. The van der Waals surface area contributed by atoms with Crippen molar-refractivity contribution in [2.75, 3.05) is 6.61 Å². The summed E-state index contributed by atoms with van der Waals surface area (Å²) in [6, 6.07) is 0. The van der Waals surface area contributed by atoms with Gasteiger partial charge >= 0.3 is 0 Å². The van der Waals surface area contributed by atoms with Gasteiger partial charge in [-0.25, -0.2) is 0 Å². The van der Waals surface area contributed by atoms with Crippen molar-refractivity contribution in [1.29, 1.82) is 0 Å². The first-order chi connectivity index (χ1) is 6.36. The highest BCUT2D eigenvalue weighted by atomic mass is 16.5. The number of aliphatic hydroxyl groups excluding tert-OH is 3. The van der Waals surface area contributed by atoms with Gasteiger partial charge < -0.3 is 20.1 Å². The van der Waals surface area contributed by atoms with Gasteiger partial charge in [-0.1, -0.05) is 20.8 Å². The van der Waals surface area contributed by atoms with E-state index in [1.165, 1.54) is 0 Å². The van der Waals surface area contributed by atoms with E-state index in [1.54, 1.807) is 0 Å². The molecule has 0 saturated carbocycles. The maximum Gasteiger partial charge on any atom is 0.109 e. The van der Waals surface area contributed by atoms with Gasteiger partial charge in [0.25, 0.3) is 0 Å². The predicted molar refractivity (Wildman–Crippen MR) is 51.8 cm³/mol. The molecule has 1 saturated heterocycles. The lowest BCUT2D eigenvalue weighted by Crippen LogP contribution is -2.52. The molecule has 14 heavy (non-hydrogen) atoms. The monoisotopic (exact) mass is 204 g/mol. The van der Waals surface area contributed by atoms with Gasteiger partial charge in [-0.05, 0) is 5.41 Å². The number of rotatable bonds is 1. The fourth-order valence-corrected chi connectivity index (χ4v) is 1.66. The van der Waals surface area contributed by atoms with Crippen LogP contribution in [0.5, 0.6) is 0 Å². The third-order valence-corrected chi connectivity index (χ3v) is 2.72. The minimum Gasteiger partial charge on any atom is -0.394 e. The van der Waals surface area contributed by atoms with Crippen LogP contribution in [0.2, 0.25) is 0 Å². The zero-order valence-electron chi connectivity index (χ0n) is 8.97. The topological polar surface area (TPSA) is 69.9 Å². The Morgan fingerprint density at radius 3 is 2.29 bits per heavy atom. The molecule has 1 unspecified atom stereocenters. The highest BCUT2D eigenvalue weighted by Crippen LogP contribution is 2.32. The summed E-state index contributed by atoms with van der Waals surface area (Å²) in [5.74, 6) is 0. The molecule has 3 N–H and O–H groups in total. The molecule has 84 valence electrons. The van der Waals surface area contributed by atoms with E-state index in [-0.39, 0.29) is 18.1 Å². The lowest BCUT2D eigenvalue weighted by molar-refractivity contribution is -0.201. The van der Waals surface area contributed by atoms with Gasteiger partial charge in [-0.15, -0.1) is 0 Å². The van der Waals surface area contributed by atoms with Crippen LogP contribution < -0.4 is 0 Å². The molecule has 0 spiro atoms. The zero-order valence-corrected chi connectivity index (χ0v) is 8.97. The lowest BCUT2D eigenvalue weighted by Gasteiger charge is -2.42. The molecule has 0 aliphatic carbocycles. The zero-order chi connectivity index (χ0) is 10.9. The van der Waals surface area contributed by atoms with Crippen LogP contribution >= 0.6 is 0 Å². The summed E-state index contributed by atoms with van der Waals surface area (Å²) < 4.78 is 5.52. The van der Waals surface area contributed by atoms with Crippen molar-refractivity contribution >= 4 is 0 Å². The summed E-state index contributed by atoms with van der Waals surface area (Å²) in [6.45, 7) is 5.77. The summed E-state index contributed by atoms with van der Waals surface area (Å²) >= 11 is 0. The molecule has 0 aromatic carbocycles. The molecule has 1 fully saturated rings. The predicted octanol–water partition coefficient (Wildman–Crippen LogP) is -0.0959. The van der Waals surface area contributed by atoms with Gasteiger partial charge in [-0.2, -0.15) is 0 Å². The van der Waals surface area contributed by atoms with E-state index >= 15 is 0 Å². The van der Waals surface area contributed by atoms with Gasteiger partial charge in [0.1, 0.15) is 12.2 Å². The van der Waals surface area contributed by atoms with Gasteiger partial charge in [0, 0.05) is 6.42 Å². The summed E-state index contributed by atoms with van der Waals surface area (Å²) in [6.07, 6.45) is -2.15. The van der Waals surface area contributed by atoms with E-state index in [1.807, 2.05) is 20.8 Å². The Kier molecular flexibility index (Phi) is 3.53. The highest BCUT2D eigenvalue weighted by Gasteiger charge is 2.40. The Balaban J connectivity index is 2.68. The van der Waals surface area contributed by atoms with E-state index < -0.39 is 18.3 Å². The van der Waals surface area contributed by atoms with Crippen LogP contribution in [0.1, 0.15) is 27.2 Å². The fraction of sp³-hybridized carbons (Fsp3) is 1.00. The van der Waals surface area contributed by atoms with E-state index in [2.05, 4.69) is 0 Å². The van der Waals surface area contributed by atoms with Crippen molar-refractivity contribution in [3.63, 3.8) is 0 Å². The molecule has 0 bridgehead atoms. The van der Waals surface area contributed by atoms with E-state index in [0.29, 0.717) is 6.42 Å². The van der Waals surface area contributed by atoms with Gasteiger partial charge in [0.15, 0.2) is 0 Å². The minimum atomic E-state index is -0.974. The van der Waals surface area contributed by atoms with Crippen LogP contribution in [0.4, 0.5) is 0 Å². The molecule has 1 aliphatic rings. The normalized spacial score (nSPS) is 39.9. The summed E-state index contributed by atoms with van der Waals surface area (Å²) in [7, 11) is 0. The minimum absolute atomic E-state index is 0.0887. The van der Waals surface area contributed by atoms with Crippen LogP contribution in [0.15, 0.2) is 0 Å². The van der Waals surface area contributed by atoms with Gasteiger partial charge in [0.05, 0.1) is 18.8 Å². The van der Waals surface area contributed by atoms with Crippen molar-refractivity contribution in [3.05, 3.63) is 0 Å². The second kappa shape index (κ2) is 4.14. The average Bonchev–Trinajstić information content (AvgIpc) is 2.07. The Hall–Kier alpha value is -0.160. The first kappa shape index (κ1) is 11.9. The fourth-order valence-electron chi connectivity index (χ4n) is 1.66. The smallest absolute Gasteiger partial charge is 0.109 e. The largest absolute Gasteiger partial charge is 0.394 e. The molecule has 4 atom stereocenters. The standard InChI is InChI=1S/C10H20O4/c1-10(2,3)8-4-6(12)9(13)7(5-11)14-8/h6-9,11-13H,4-5H2,1-3H3/t6-,7-,8?,9+/m1/s1. The van der Waals surface area contributed by atoms with Crippen molar-refractivity contribution in [2.45, 2.75) is 51.6 Å². The van der Waals surface area contributed by atoms with Crippen molar-refractivity contribution in [1.82, 2.24) is 0 Å². The highest BCUT2D eigenvalue weighted by molar-refractivity contribution is 4.89. The van der Waals surface area contributed by atoms with Crippen molar-refractivity contribution in [3.8, 4) is 0 Å². The molecule has 1 aliphatic heterocycles. The molecule has 0 aromatic rings. The number of hydrogen-bond donors (Lipinski definition) is 3. The van der Waals surface area contributed by atoms with Crippen LogP contribution in [0, 0.1) is 5.41 Å². The van der Waals surface area contributed by atoms with E-state index in [9.17, 15) is 10.2 Å². The first-order valence-corrected chi connectivity index (χ1v) is 4.98. The van der Waals surface area contributed by atoms with Gasteiger partial charge in [0.2, 0.25) is 0 Å². The van der Waals surface area contributed by atoms with Crippen LogP contribution in [0.25, 0.3) is 0 Å². The molecule has 1 heterocycles. The molecule has 0 radical (unpaired) electrons. The molecule has 0 aromatic heterocycles. The Labute approximate surface area is 84.5 Å². The quantitative estimate of drug-likeness (QED) is 0.558. The van der Waals surface area contributed by atoms with Gasteiger partial charge in [-0.3, -0.25) is 0 Å². The van der Waals surface area contributed by atoms with Crippen LogP contribution in [-0.2, 0) is 4.74 Å². The second-order valence-electron chi connectivity index (χ2n) is 5.01. The molecule has 4 nitrogen and oxygen atoms in total. The molecular weight excluding hydrogens is 184 g/mol. The third kappa shape index (κ3) is 2.45. The summed E-state index contributed by atoms with van der Waals surface area (Å²) in [5, 5.41) is 28.0. The SMILES string of the molecule is CC(C)(C)C1C[C@@H](O)[C@H](O)[C@@H](CO)O1. The maximum absolute atomic E-state index is 9.57. The Morgan fingerprint density at radius 2 is 1.86 bits per heavy atom. The number of hydrogen-bond acceptors (Lipinski definition) is 4. The molecule has 4 heteroatoms. The summed E-state index contributed by atoms with van der Waals surface area (Å²) in [4.78, 5) is 0. The van der Waals surface area contributed by atoms with Crippen molar-refractivity contribution in [2.24, 2.45) is 5.41 Å². The average molecular weight is 204 g/mol. The molecule has 1 rings (SSSR count). The third-order valence-electron chi connectivity index (χ3n) is 2.72. The molecular formula is C10H20O4. The molecule has 0 amide bonds. The Morgan fingerprint density at radius 1 is 1.29 bits per heavy atom. The second-order valence-corrected chi connectivity index (χ2v) is 5.01. The van der Waals surface area contributed by atoms with E-state index in [0.717, 1.165) is 0 Å². The maximum atomic E-state index is 9.57. The lowest BCUT2D eigenvalue weighted by atomic mass is 9.82. The first-order valence-electron chi connectivity index (χ1n) is 4.98. The Bertz CT molecular complexity index is 187. The van der Waals surface area contributed by atoms with Crippen LogP contribution in [0.3, 0.4) is 0 Å². The van der Waals surface area contributed by atoms with E-state index in [4.69, 9.17) is 9.84 Å². The van der Waals surface area contributed by atoms with Crippen LogP contribution in [-0.4, -0.2) is 46.3 Å².